The van der Waals surface area contributed by atoms with E-state index in [9.17, 15) is 4.79 Å². The fourth-order valence-corrected chi connectivity index (χ4v) is 4.07. The van der Waals surface area contributed by atoms with Crippen LogP contribution in [-0.4, -0.2) is 53.7 Å². The van der Waals surface area contributed by atoms with Crippen LogP contribution in [0.1, 0.15) is 11.1 Å². The molecular formula is C30H36N4O7. The summed E-state index contributed by atoms with van der Waals surface area (Å²) in [4.78, 5) is 16.4. The Hall–Kier alpha value is -4.90. The molecule has 2 amide bonds. The third-order valence-electron chi connectivity index (χ3n) is 6.07. The standard InChI is InChI=1S/C20H21N3O4.C10H15NO3/c1-25-17-9-13(10-18(26-2)19(17)27-3)11-22-20(24)23-16-6-4-5-14-12-21-8-7-15(14)16;1-12-8-4-7(6-11)5-9(13-2)10(8)14-3/h4-10,12H,11H2,1-3H3,(H2,22,23,24);4-5H,6,11H2,1-3H3. The van der Waals surface area contributed by atoms with E-state index >= 15 is 0 Å². The van der Waals surface area contributed by atoms with E-state index in [1.807, 2.05) is 36.4 Å². The molecule has 0 aliphatic carbocycles. The van der Waals surface area contributed by atoms with Crippen molar-refractivity contribution >= 4 is 22.5 Å². The van der Waals surface area contributed by atoms with Crippen molar-refractivity contribution in [2.45, 2.75) is 13.1 Å². The molecule has 1 heterocycles. The minimum absolute atomic E-state index is 0.300. The number of nitrogens with one attached hydrogen (secondary N) is 2. The lowest BCUT2D eigenvalue weighted by molar-refractivity contribution is 0.251. The first-order chi connectivity index (χ1) is 19.9. The zero-order chi connectivity index (χ0) is 29.8. The summed E-state index contributed by atoms with van der Waals surface area (Å²) in [7, 11) is 9.39. The molecule has 0 aliphatic rings. The van der Waals surface area contributed by atoms with Crippen molar-refractivity contribution in [3.05, 3.63) is 72.1 Å². The number of hydrogen-bond donors (Lipinski definition) is 3. The van der Waals surface area contributed by atoms with E-state index in [-0.39, 0.29) is 6.03 Å². The van der Waals surface area contributed by atoms with Crippen LogP contribution in [0, 0.1) is 0 Å². The number of fused-ring (bicyclic) bond motifs is 1. The molecule has 0 unspecified atom stereocenters. The van der Waals surface area contributed by atoms with Gasteiger partial charge in [0.05, 0.1) is 48.3 Å². The Labute approximate surface area is 239 Å². The summed E-state index contributed by atoms with van der Waals surface area (Å²) in [6.45, 7) is 0.742. The van der Waals surface area contributed by atoms with Crippen molar-refractivity contribution in [1.29, 1.82) is 0 Å². The number of anilines is 1. The largest absolute Gasteiger partial charge is 0.493 e. The lowest BCUT2D eigenvalue weighted by Crippen LogP contribution is -2.28. The molecule has 4 N–H and O–H groups in total. The maximum atomic E-state index is 12.3. The van der Waals surface area contributed by atoms with Crippen LogP contribution < -0.4 is 44.8 Å². The molecule has 11 nitrogen and oxygen atoms in total. The summed E-state index contributed by atoms with van der Waals surface area (Å²) < 4.78 is 31.5. The van der Waals surface area contributed by atoms with Gasteiger partial charge in [0.25, 0.3) is 0 Å². The molecule has 4 rings (SSSR count). The number of methoxy groups -OCH3 is 6. The lowest BCUT2D eigenvalue weighted by atomic mass is 10.1. The van der Waals surface area contributed by atoms with E-state index in [4.69, 9.17) is 34.2 Å². The summed E-state index contributed by atoms with van der Waals surface area (Å²) in [6, 6.07) is 14.5. The van der Waals surface area contributed by atoms with Gasteiger partial charge in [0.1, 0.15) is 0 Å². The summed E-state index contributed by atoms with van der Waals surface area (Å²) in [5.41, 5.74) is 8.02. The van der Waals surface area contributed by atoms with Gasteiger partial charge in [0.2, 0.25) is 11.5 Å². The third-order valence-corrected chi connectivity index (χ3v) is 6.07. The highest BCUT2D eigenvalue weighted by Gasteiger charge is 2.14. The smallest absolute Gasteiger partial charge is 0.319 e. The highest BCUT2D eigenvalue weighted by molar-refractivity contribution is 6.01. The topological polar surface area (TPSA) is 135 Å². The van der Waals surface area contributed by atoms with Gasteiger partial charge >= 0.3 is 6.03 Å². The maximum absolute atomic E-state index is 12.3. The molecule has 3 aromatic carbocycles. The minimum atomic E-state index is -0.312. The average Bonchev–Trinajstić information content (AvgIpc) is 3.02. The van der Waals surface area contributed by atoms with Crippen LogP contribution in [0.5, 0.6) is 34.5 Å². The molecule has 0 saturated heterocycles. The van der Waals surface area contributed by atoms with Crippen molar-refractivity contribution in [3.8, 4) is 34.5 Å². The molecule has 0 saturated carbocycles. The molecule has 11 heteroatoms. The van der Waals surface area contributed by atoms with Crippen LogP contribution in [-0.2, 0) is 13.1 Å². The molecule has 218 valence electrons. The predicted molar refractivity (Wildman–Crippen MR) is 158 cm³/mol. The van der Waals surface area contributed by atoms with Crippen molar-refractivity contribution in [2.75, 3.05) is 48.0 Å². The summed E-state index contributed by atoms with van der Waals surface area (Å²) in [5.74, 6) is 3.44. The number of pyridine rings is 1. The number of benzene rings is 3. The van der Waals surface area contributed by atoms with Crippen LogP contribution in [0.15, 0.2) is 60.9 Å². The Kier molecular flexibility index (Phi) is 11.2. The van der Waals surface area contributed by atoms with Crippen LogP contribution in [0.2, 0.25) is 0 Å². The van der Waals surface area contributed by atoms with Gasteiger partial charge in [0.15, 0.2) is 23.0 Å². The molecule has 0 atom stereocenters. The monoisotopic (exact) mass is 564 g/mol. The quantitative estimate of drug-likeness (QED) is 0.249. The van der Waals surface area contributed by atoms with E-state index in [0.29, 0.717) is 47.6 Å². The normalized spacial score (nSPS) is 10.1. The first-order valence-electron chi connectivity index (χ1n) is 12.6. The molecule has 0 fully saturated rings. The fraction of sp³-hybridized carbons (Fsp3) is 0.267. The van der Waals surface area contributed by atoms with Crippen molar-refractivity contribution in [1.82, 2.24) is 10.3 Å². The Morgan fingerprint density at radius 1 is 0.756 bits per heavy atom. The first kappa shape index (κ1) is 30.6. The van der Waals surface area contributed by atoms with Gasteiger partial charge in [-0.1, -0.05) is 12.1 Å². The molecule has 0 bridgehead atoms. The first-order valence-corrected chi connectivity index (χ1v) is 12.6. The summed E-state index contributed by atoms with van der Waals surface area (Å²) >= 11 is 0. The molecule has 0 aliphatic heterocycles. The number of ether oxygens (including phenoxy) is 6. The van der Waals surface area contributed by atoms with E-state index in [1.165, 1.54) is 0 Å². The van der Waals surface area contributed by atoms with Gasteiger partial charge in [-0.15, -0.1) is 0 Å². The third kappa shape index (κ3) is 7.61. The zero-order valence-corrected chi connectivity index (χ0v) is 24.1. The molecule has 1 aromatic heterocycles. The van der Waals surface area contributed by atoms with Crippen LogP contribution in [0.4, 0.5) is 10.5 Å². The van der Waals surface area contributed by atoms with Gasteiger partial charge in [-0.3, -0.25) is 4.98 Å². The SMILES string of the molecule is COc1cc(CN)cc(OC)c1OC.COc1cc(CNC(=O)Nc2cccc3cnccc23)cc(OC)c1OC. The van der Waals surface area contributed by atoms with Gasteiger partial charge in [0, 0.05) is 36.3 Å². The van der Waals surface area contributed by atoms with Gasteiger partial charge < -0.3 is 44.8 Å². The Morgan fingerprint density at radius 3 is 1.78 bits per heavy atom. The van der Waals surface area contributed by atoms with E-state index in [0.717, 1.165) is 27.6 Å². The van der Waals surface area contributed by atoms with Crippen LogP contribution >= 0.6 is 0 Å². The van der Waals surface area contributed by atoms with Crippen LogP contribution in [0.3, 0.4) is 0 Å². The maximum Gasteiger partial charge on any atom is 0.319 e. The molecule has 4 aromatic rings. The highest BCUT2D eigenvalue weighted by atomic mass is 16.5. The number of hydrogen-bond acceptors (Lipinski definition) is 9. The number of aromatic nitrogens is 1. The van der Waals surface area contributed by atoms with Crippen molar-refractivity contribution < 1.29 is 33.2 Å². The fourth-order valence-electron chi connectivity index (χ4n) is 4.07. The van der Waals surface area contributed by atoms with Gasteiger partial charge in [-0.05, 0) is 47.5 Å². The van der Waals surface area contributed by atoms with Crippen molar-refractivity contribution in [2.24, 2.45) is 5.73 Å². The van der Waals surface area contributed by atoms with Gasteiger partial charge in [-0.25, -0.2) is 4.79 Å². The number of amides is 2. The second-order valence-corrected chi connectivity index (χ2v) is 8.48. The Balaban J connectivity index is 0.000000278. The zero-order valence-electron chi connectivity index (χ0n) is 24.1. The molecule has 0 radical (unpaired) electrons. The molecule has 41 heavy (non-hydrogen) atoms. The Bertz CT molecular complexity index is 1410. The molecule has 0 spiro atoms. The summed E-state index contributed by atoms with van der Waals surface area (Å²) in [6.07, 6.45) is 3.45. The van der Waals surface area contributed by atoms with Gasteiger partial charge in [-0.2, -0.15) is 0 Å². The minimum Gasteiger partial charge on any atom is -0.493 e. The highest BCUT2D eigenvalue weighted by Crippen LogP contribution is 2.39. The molecular weight excluding hydrogens is 528 g/mol. The number of nitrogens with zero attached hydrogens (tertiary/aromatic N) is 1. The van der Waals surface area contributed by atoms with E-state index in [1.54, 1.807) is 67.2 Å². The Morgan fingerprint density at radius 2 is 1.29 bits per heavy atom. The second-order valence-electron chi connectivity index (χ2n) is 8.48. The number of rotatable bonds is 10. The van der Waals surface area contributed by atoms with Crippen LogP contribution in [0.25, 0.3) is 10.8 Å². The second kappa shape index (κ2) is 15.0. The summed E-state index contributed by atoms with van der Waals surface area (Å²) in [5, 5.41) is 7.59. The van der Waals surface area contributed by atoms with E-state index in [2.05, 4.69) is 15.6 Å². The average molecular weight is 565 g/mol. The van der Waals surface area contributed by atoms with Crippen molar-refractivity contribution in [3.63, 3.8) is 0 Å². The number of nitrogens with two attached hydrogens (primary N) is 1. The van der Waals surface area contributed by atoms with E-state index < -0.39 is 0 Å². The number of urea groups is 1. The number of carbonyl (C=O) groups excluding carboxylic acids is 1. The number of carbonyl (C=O) groups is 1. The predicted octanol–water partition coefficient (Wildman–Crippen LogP) is 4.75. The lowest BCUT2D eigenvalue weighted by Gasteiger charge is -2.15.